The zero-order valence-corrected chi connectivity index (χ0v) is 21.9. The highest BCUT2D eigenvalue weighted by Crippen LogP contribution is 2.34. The van der Waals surface area contributed by atoms with Gasteiger partial charge in [-0.2, -0.15) is 0 Å². The number of hydrogen-bond acceptors (Lipinski definition) is 7. The average molecular weight is 518 g/mol. The molecule has 0 radical (unpaired) electrons. The molecule has 1 N–H and O–H groups in total. The van der Waals surface area contributed by atoms with Crippen molar-refractivity contribution in [2.75, 3.05) is 51.7 Å². The Hall–Kier alpha value is -3.00. The second-order valence-corrected chi connectivity index (χ2v) is 10.7. The first-order valence-electron chi connectivity index (χ1n) is 13.2. The summed E-state index contributed by atoms with van der Waals surface area (Å²) >= 11 is 6.32. The van der Waals surface area contributed by atoms with Gasteiger partial charge in [-0.15, -0.1) is 0 Å². The number of rotatable bonds is 7. The number of carbonyl (C=O) groups excluding carboxylic acids is 1. The van der Waals surface area contributed by atoms with E-state index in [1.54, 1.807) is 7.11 Å². The van der Waals surface area contributed by atoms with E-state index in [2.05, 4.69) is 27.3 Å². The van der Waals surface area contributed by atoms with Crippen LogP contribution in [0.5, 0.6) is 5.88 Å². The van der Waals surface area contributed by atoms with E-state index in [9.17, 15) is 4.79 Å². The van der Waals surface area contributed by atoms with Gasteiger partial charge in [-0.05, 0) is 76.1 Å². The topological polar surface area (TPSA) is 70.6 Å². The number of hydrogen-bond donors (Lipinski definition) is 1. The van der Waals surface area contributed by atoms with Crippen LogP contribution in [0.25, 0.3) is 21.9 Å². The van der Waals surface area contributed by atoms with Crippen LogP contribution in [-0.4, -0.2) is 78.0 Å². The predicted molar refractivity (Wildman–Crippen MR) is 149 cm³/mol. The number of likely N-dealkylation sites (tertiary alicyclic amines) is 2. The van der Waals surface area contributed by atoms with Gasteiger partial charge in [0.05, 0.1) is 29.9 Å². The molecule has 2 saturated heterocycles. The fourth-order valence-corrected chi connectivity index (χ4v) is 5.90. The Kier molecular flexibility index (Phi) is 6.84. The van der Waals surface area contributed by atoms with Gasteiger partial charge in [0.2, 0.25) is 5.88 Å². The lowest BCUT2D eigenvalue weighted by Gasteiger charge is -2.27. The highest BCUT2D eigenvalue weighted by atomic mass is 35.5. The molecule has 8 heteroatoms. The van der Waals surface area contributed by atoms with E-state index < -0.39 is 0 Å². The number of ketones is 1. The molecule has 192 valence electrons. The quantitative estimate of drug-likeness (QED) is 0.449. The summed E-state index contributed by atoms with van der Waals surface area (Å²) in [7, 11) is 1.61. The molecule has 4 heterocycles. The van der Waals surface area contributed by atoms with Crippen LogP contribution in [0.4, 0.5) is 5.69 Å². The molecular weight excluding hydrogens is 486 g/mol. The molecule has 0 spiro atoms. The number of aromatic nitrogens is 2. The molecule has 3 aliphatic rings. The van der Waals surface area contributed by atoms with Crippen LogP contribution in [0.3, 0.4) is 0 Å². The number of fused-ring (bicyclic) bond motifs is 2. The van der Waals surface area contributed by atoms with E-state index in [-0.39, 0.29) is 11.8 Å². The second-order valence-electron chi connectivity index (χ2n) is 10.2. The summed E-state index contributed by atoms with van der Waals surface area (Å²) in [4.78, 5) is 27.9. The molecular formula is C29H32ClN5O2. The number of ether oxygens (including phenoxy) is 1. The van der Waals surface area contributed by atoms with Crippen LogP contribution in [-0.2, 0) is 4.79 Å². The number of nitrogens with one attached hydrogen (secondary N) is 1. The van der Waals surface area contributed by atoms with Crippen molar-refractivity contribution in [1.29, 1.82) is 0 Å². The highest BCUT2D eigenvalue weighted by molar-refractivity contribution is 6.31. The van der Waals surface area contributed by atoms with Crippen molar-refractivity contribution in [3.63, 3.8) is 0 Å². The number of halogens is 1. The van der Waals surface area contributed by atoms with Gasteiger partial charge in [-0.1, -0.05) is 23.8 Å². The molecule has 7 nitrogen and oxygen atoms in total. The van der Waals surface area contributed by atoms with Crippen LogP contribution in [0.2, 0.25) is 5.02 Å². The van der Waals surface area contributed by atoms with Crippen LogP contribution in [0.15, 0.2) is 53.6 Å². The molecule has 1 aliphatic carbocycles. The molecule has 0 saturated carbocycles. The molecule has 0 amide bonds. The standard InChI is InChI=1S/C29H32ClN5O2/c1-37-26-9-8-24-28(33-26)27(23-7-6-21(30)16-25(23)32-24)31-22-14-19(17-34-10-2-3-11-34)29(36)20(15-22)18-35-12-4-5-13-35/h6-9,14-16,22H,2-5,10-13,17-18H2,1H3,(H,31,32). The van der Waals surface area contributed by atoms with E-state index >= 15 is 0 Å². The summed E-state index contributed by atoms with van der Waals surface area (Å²) < 4.78 is 5.43. The van der Waals surface area contributed by atoms with Crippen molar-refractivity contribution in [1.82, 2.24) is 19.8 Å². The van der Waals surface area contributed by atoms with E-state index in [0.717, 1.165) is 64.9 Å². The maximum absolute atomic E-state index is 13.6. The van der Waals surface area contributed by atoms with Crippen LogP contribution in [0.1, 0.15) is 25.7 Å². The first-order valence-corrected chi connectivity index (χ1v) is 13.6. The number of anilines is 1. The largest absolute Gasteiger partial charge is 0.481 e. The maximum Gasteiger partial charge on any atom is 0.213 e. The molecule has 6 rings (SSSR count). The van der Waals surface area contributed by atoms with E-state index in [0.29, 0.717) is 24.0 Å². The minimum atomic E-state index is -0.148. The van der Waals surface area contributed by atoms with Gasteiger partial charge in [0.15, 0.2) is 5.78 Å². The van der Waals surface area contributed by atoms with E-state index in [4.69, 9.17) is 26.3 Å². The number of nitrogens with zero attached hydrogens (tertiary/aromatic N) is 4. The monoisotopic (exact) mass is 517 g/mol. The minimum Gasteiger partial charge on any atom is -0.481 e. The smallest absolute Gasteiger partial charge is 0.213 e. The van der Waals surface area contributed by atoms with Crippen LogP contribution >= 0.6 is 11.6 Å². The summed E-state index contributed by atoms with van der Waals surface area (Å²) in [6.07, 6.45) is 9.00. The Morgan fingerprint density at radius 1 is 0.919 bits per heavy atom. The maximum atomic E-state index is 13.6. The third-order valence-corrected chi connectivity index (χ3v) is 7.84. The number of carbonyl (C=O) groups is 1. The van der Waals surface area contributed by atoms with Gasteiger partial charge >= 0.3 is 0 Å². The SMILES string of the molecule is COc1ccc2nc3cc(Cl)ccc3c(NC3C=C(CN4CCCC4)C(=O)C(CN4CCCC4)=C3)c2n1. The summed E-state index contributed by atoms with van der Waals surface area (Å²) in [5.74, 6) is 0.716. The predicted octanol–water partition coefficient (Wildman–Crippen LogP) is 4.85. The van der Waals surface area contributed by atoms with Crippen molar-refractivity contribution in [3.8, 4) is 5.88 Å². The fourth-order valence-electron chi connectivity index (χ4n) is 5.74. The molecule has 2 fully saturated rings. The molecule has 3 aromatic rings. The second kappa shape index (κ2) is 10.4. The molecule has 0 atom stereocenters. The average Bonchev–Trinajstić information content (AvgIpc) is 3.61. The lowest BCUT2D eigenvalue weighted by atomic mass is 9.92. The zero-order chi connectivity index (χ0) is 25.4. The van der Waals surface area contributed by atoms with E-state index in [1.165, 1.54) is 25.7 Å². The Labute approximate surface area is 222 Å². The Morgan fingerprint density at radius 3 is 2.19 bits per heavy atom. The van der Waals surface area contributed by atoms with Crippen molar-refractivity contribution < 1.29 is 9.53 Å². The third kappa shape index (κ3) is 5.08. The number of Topliss-reactive ketones (excluding diaryl/α,β-unsaturated/α-hetero) is 1. The first-order chi connectivity index (χ1) is 18.1. The molecule has 37 heavy (non-hydrogen) atoms. The van der Waals surface area contributed by atoms with E-state index in [1.807, 2.05) is 30.3 Å². The molecule has 2 aromatic heterocycles. The summed E-state index contributed by atoms with van der Waals surface area (Å²) in [6, 6.07) is 9.31. The van der Waals surface area contributed by atoms with Gasteiger partial charge in [0.1, 0.15) is 5.52 Å². The lowest BCUT2D eigenvalue weighted by Crippen LogP contribution is -2.34. The number of methoxy groups -OCH3 is 1. The summed E-state index contributed by atoms with van der Waals surface area (Å²) in [5, 5.41) is 5.29. The van der Waals surface area contributed by atoms with Crippen molar-refractivity contribution in [2.24, 2.45) is 0 Å². The number of pyridine rings is 2. The summed E-state index contributed by atoms with van der Waals surface area (Å²) in [5.41, 5.74) is 4.91. The normalized spacial score (nSPS) is 19.6. The lowest BCUT2D eigenvalue weighted by molar-refractivity contribution is -0.112. The zero-order valence-electron chi connectivity index (χ0n) is 21.2. The fraction of sp³-hybridized carbons (Fsp3) is 0.414. The van der Waals surface area contributed by atoms with Crippen LogP contribution < -0.4 is 10.1 Å². The van der Waals surface area contributed by atoms with Gasteiger partial charge in [0, 0.05) is 40.7 Å². The number of benzene rings is 1. The molecule has 2 aliphatic heterocycles. The minimum absolute atomic E-state index is 0.148. The Balaban J connectivity index is 1.42. The van der Waals surface area contributed by atoms with Gasteiger partial charge in [0.25, 0.3) is 0 Å². The first kappa shape index (κ1) is 24.3. The van der Waals surface area contributed by atoms with Crippen LogP contribution in [0, 0.1) is 0 Å². The molecule has 0 unspecified atom stereocenters. The Bertz CT molecular complexity index is 1370. The molecule has 1 aromatic carbocycles. The third-order valence-electron chi connectivity index (χ3n) is 7.61. The van der Waals surface area contributed by atoms with Crippen molar-refractivity contribution in [2.45, 2.75) is 31.7 Å². The Morgan fingerprint density at radius 2 is 1.57 bits per heavy atom. The van der Waals surface area contributed by atoms with Gasteiger partial charge in [-0.3, -0.25) is 14.6 Å². The van der Waals surface area contributed by atoms with Gasteiger partial charge in [-0.25, -0.2) is 9.97 Å². The van der Waals surface area contributed by atoms with Gasteiger partial charge < -0.3 is 10.1 Å². The highest BCUT2D eigenvalue weighted by Gasteiger charge is 2.28. The van der Waals surface area contributed by atoms with Crippen molar-refractivity contribution >= 4 is 45.0 Å². The molecule has 0 bridgehead atoms. The summed E-state index contributed by atoms with van der Waals surface area (Å²) in [6.45, 7) is 5.62. The van der Waals surface area contributed by atoms with Crippen molar-refractivity contribution in [3.05, 3.63) is 58.7 Å².